The van der Waals surface area contributed by atoms with E-state index in [0.717, 1.165) is 5.56 Å². The zero-order chi connectivity index (χ0) is 21.1. The van der Waals surface area contributed by atoms with Crippen molar-refractivity contribution in [3.8, 4) is 0 Å². The molecule has 2 amide bonds. The standard InChI is InChI=1S/C20H18ClN3O4S/c1-11-3-6-14(9-15(11)21)23-20-24(2)17(25)10-16(29-20)18(26)22-13-7-4-12(5-8-13)19(27)28/h3-9,16H,10H2,1-2H3,(H,22,26)(H,27,28)/t16-/m0/s1. The molecular formula is C20H18ClN3O4S. The van der Waals surface area contributed by atoms with Crippen LogP contribution in [0.3, 0.4) is 0 Å². The molecule has 0 aliphatic carbocycles. The number of aliphatic imine (C=N–C) groups is 1. The van der Waals surface area contributed by atoms with Gasteiger partial charge in [-0.3, -0.25) is 14.5 Å². The van der Waals surface area contributed by atoms with Crippen LogP contribution in [0.5, 0.6) is 0 Å². The number of benzene rings is 2. The summed E-state index contributed by atoms with van der Waals surface area (Å²) in [5.41, 5.74) is 2.09. The third-order valence-electron chi connectivity index (χ3n) is 4.34. The highest BCUT2D eigenvalue weighted by atomic mass is 35.5. The molecule has 0 spiro atoms. The lowest BCUT2D eigenvalue weighted by Gasteiger charge is -2.28. The Balaban J connectivity index is 1.76. The van der Waals surface area contributed by atoms with Crippen molar-refractivity contribution in [1.29, 1.82) is 0 Å². The van der Waals surface area contributed by atoms with Gasteiger partial charge in [0.2, 0.25) is 11.8 Å². The van der Waals surface area contributed by atoms with Crippen molar-refractivity contribution in [3.05, 3.63) is 58.6 Å². The summed E-state index contributed by atoms with van der Waals surface area (Å²) in [6.45, 7) is 1.88. The van der Waals surface area contributed by atoms with E-state index in [9.17, 15) is 14.4 Å². The Morgan fingerprint density at radius 2 is 1.93 bits per heavy atom. The van der Waals surface area contributed by atoms with Crippen LogP contribution in [0.2, 0.25) is 5.02 Å². The summed E-state index contributed by atoms with van der Waals surface area (Å²) in [6.07, 6.45) is 0.0356. The van der Waals surface area contributed by atoms with Crippen molar-refractivity contribution in [2.75, 3.05) is 12.4 Å². The number of carbonyl (C=O) groups excluding carboxylic acids is 2. The van der Waals surface area contributed by atoms with Crippen LogP contribution in [0.25, 0.3) is 0 Å². The molecule has 1 heterocycles. The fraction of sp³-hybridized carbons (Fsp3) is 0.200. The van der Waals surface area contributed by atoms with Crippen LogP contribution in [0.15, 0.2) is 47.5 Å². The van der Waals surface area contributed by atoms with Crippen molar-refractivity contribution in [2.45, 2.75) is 18.6 Å². The summed E-state index contributed by atoms with van der Waals surface area (Å²) in [5, 5.41) is 12.0. The van der Waals surface area contributed by atoms with Crippen molar-refractivity contribution in [1.82, 2.24) is 4.90 Å². The van der Waals surface area contributed by atoms with Gasteiger partial charge < -0.3 is 10.4 Å². The molecule has 1 aliphatic heterocycles. The Morgan fingerprint density at radius 3 is 2.55 bits per heavy atom. The number of anilines is 1. The summed E-state index contributed by atoms with van der Waals surface area (Å²) >= 11 is 7.33. The van der Waals surface area contributed by atoms with E-state index >= 15 is 0 Å². The minimum absolute atomic E-state index is 0.0356. The lowest BCUT2D eigenvalue weighted by molar-refractivity contribution is -0.128. The molecule has 0 unspecified atom stereocenters. The molecule has 1 atom stereocenters. The molecule has 150 valence electrons. The maximum atomic E-state index is 12.6. The van der Waals surface area contributed by atoms with Gasteiger partial charge in [0.05, 0.1) is 11.3 Å². The number of amidine groups is 1. The highest BCUT2D eigenvalue weighted by molar-refractivity contribution is 8.15. The van der Waals surface area contributed by atoms with E-state index in [4.69, 9.17) is 16.7 Å². The molecular weight excluding hydrogens is 414 g/mol. The van der Waals surface area contributed by atoms with Crippen LogP contribution in [-0.4, -0.2) is 45.3 Å². The quantitative estimate of drug-likeness (QED) is 0.763. The minimum atomic E-state index is -1.04. The van der Waals surface area contributed by atoms with Gasteiger partial charge in [-0.1, -0.05) is 29.4 Å². The van der Waals surface area contributed by atoms with Gasteiger partial charge in [0, 0.05) is 24.2 Å². The van der Waals surface area contributed by atoms with Crippen molar-refractivity contribution < 1.29 is 19.5 Å². The number of rotatable bonds is 4. The summed E-state index contributed by atoms with van der Waals surface area (Å²) < 4.78 is 0. The van der Waals surface area contributed by atoms with Gasteiger partial charge in [0.25, 0.3) is 0 Å². The minimum Gasteiger partial charge on any atom is -0.478 e. The fourth-order valence-corrected chi connectivity index (χ4v) is 3.82. The molecule has 7 nitrogen and oxygen atoms in total. The first-order valence-electron chi connectivity index (χ1n) is 8.67. The SMILES string of the molecule is Cc1ccc(N=C2S[C@H](C(=O)Nc3ccc(C(=O)O)cc3)CC(=O)N2C)cc1Cl. The summed E-state index contributed by atoms with van der Waals surface area (Å²) in [7, 11) is 1.61. The van der Waals surface area contributed by atoms with E-state index in [2.05, 4.69) is 10.3 Å². The Bertz CT molecular complexity index is 1010. The molecule has 0 bridgehead atoms. The van der Waals surface area contributed by atoms with Crippen LogP contribution in [0.4, 0.5) is 11.4 Å². The second kappa shape index (κ2) is 8.67. The number of aromatic carboxylic acids is 1. The van der Waals surface area contributed by atoms with E-state index in [1.54, 1.807) is 19.2 Å². The number of hydrogen-bond donors (Lipinski definition) is 2. The zero-order valence-electron chi connectivity index (χ0n) is 15.7. The van der Waals surface area contributed by atoms with Crippen LogP contribution in [0.1, 0.15) is 22.3 Å². The number of carbonyl (C=O) groups is 3. The molecule has 0 saturated carbocycles. The Hall–Kier alpha value is -2.84. The second-order valence-corrected chi connectivity index (χ2v) is 8.04. The number of hydrogen-bond acceptors (Lipinski definition) is 5. The number of nitrogens with zero attached hydrogens (tertiary/aromatic N) is 2. The molecule has 1 saturated heterocycles. The highest BCUT2D eigenvalue weighted by Gasteiger charge is 2.34. The summed E-state index contributed by atoms with van der Waals surface area (Å²) in [5.74, 6) is -1.62. The number of carboxylic acid groups (broad SMARTS) is 1. The summed E-state index contributed by atoms with van der Waals surface area (Å²) in [4.78, 5) is 41.8. The first kappa shape index (κ1) is 20.9. The van der Waals surface area contributed by atoms with Crippen LogP contribution >= 0.6 is 23.4 Å². The molecule has 2 aromatic rings. The third-order valence-corrected chi connectivity index (χ3v) is 5.99. The molecule has 9 heteroatoms. The Labute approximate surface area is 176 Å². The predicted octanol–water partition coefficient (Wildman–Crippen LogP) is 3.94. The smallest absolute Gasteiger partial charge is 0.335 e. The van der Waals surface area contributed by atoms with Crippen LogP contribution < -0.4 is 5.32 Å². The topological polar surface area (TPSA) is 99.1 Å². The number of halogens is 1. The number of carboxylic acids is 1. The molecule has 2 N–H and O–H groups in total. The van der Waals surface area contributed by atoms with E-state index in [1.807, 2.05) is 13.0 Å². The van der Waals surface area contributed by atoms with E-state index < -0.39 is 11.2 Å². The third kappa shape index (κ3) is 4.96. The van der Waals surface area contributed by atoms with Crippen LogP contribution in [0, 0.1) is 6.92 Å². The van der Waals surface area contributed by atoms with Crippen molar-refractivity contribution in [3.63, 3.8) is 0 Å². The van der Waals surface area contributed by atoms with Gasteiger partial charge in [0.15, 0.2) is 5.17 Å². The molecule has 3 rings (SSSR count). The number of amides is 2. The van der Waals surface area contributed by atoms with Crippen molar-refractivity contribution >= 4 is 57.7 Å². The molecule has 0 radical (unpaired) electrons. The lowest BCUT2D eigenvalue weighted by Crippen LogP contribution is -2.43. The van der Waals surface area contributed by atoms with Gasteiger partial charge in [-0.2, -0.15) is 0 Å². The van der Waals surface area contributed by atoms with Crippen molar-refractivity contribution in [2.24, 2.45) is 4.99 Å². The second-order valence-electron chi connectivity index (χ2n) is 6.46. The molecule has 0 aromatic heterocycles. The van der Waals surface area contributed by atoms with Gasteiger partial charge >= 0.3 is 5.97 Å². The lowest BCUT2D eigenvalue weighted by atomic mass is 10.2. The first-order chi connectivity index (χ1) is 13.7. The predicted molar refractivity (Wildman–Crippen MR) is 114 cm³/mol. The maximum Gasteiger partial charge on any atom is 0.335 e. The molecule has 2 aromatic carbocycles. The average Bonchev–Trinajstić information content (AvgIpc) is 2.68. The monoisotopic (exact) mass is 431 g/mol. The fourth-order valence-electron chi connectivity index (χ4n) is 2.58. The van der Waals surface area contributed by atoms with E-state index in [-0.39, 0.29) is 23.8 Å². The number of aryl methyl sites for hydroxylation is 1. The Morgan fingerprint density at radius 1 is 1.24 bits per heavy atom. The van der Waals surface area contributed by atoms with E-state index in [1.165, 1.54) is 40.9 Å². The molecule has 29 heavy (non-hydrogen) atoms. The zero-order valence-corrected chi connectivity index (χ0v) is 17.3. The first-order valence-corrected chi connectivity index (χ1v) is 9.92. The normalized spacial score (nSPS) is 18.0. The molecule has 1 aliphatic rings. The number of nitrogens with one attached hydrogen (secondary N) is 1. The maximum absolute atomic E-state index is 12.6. The number of thioether (sulfide) groups is 1. The van der Waals surface area contributed by atoms with Gasteiger partial charge in [0.1, 0.15) is 5.25 Å². The largest absolute Gasteiger partial charge is 0.478 e. The summed E-state index contributed by atoms with van der Waals surface area (Å²) in [6, 6.07) is 11.1. The highest BCUT2D eigenvalue weighted by Crippen LogP contribution is 2.30. The van der Waals surface area contributed by atoms with Gasteiger partial charge in [-0.15, -0.1) is 0 Å². The Kier molecular flexibility index (Phi) is 6.24. The van der Waals surface area contributed by atoms with Gasteiger partial charge in [-0.05, 0) is 48.9 Å². The molecule has 1 fully saturated rings. The average molecular weight is 432 g/mol. The van der Waals surface area contributed by atoms with E-state index in [0.29, 0.717) is 21.6 Å². The van der Waals surface area contributed by atoms with Crippen LogP contribution in [-0.2, 0) is 9.59 Å². The van der Waals surface area contributed by atoms with Gasteiger partial charge in [-0.25, -0.2) is 9.79 Å².